The largest absolute Gasteiger partial charge is 0.396 e. The smallest absolute Gasteiger partial charge is 0.130 e. The number of hydrogen-bond donors (Lipinski definition) is 1. The fraction of sp³-hybridized carbons (Fsp3) is 0.143. The van der Waals surface area contributed by atoms with Crippen LogP contribution in [-0.4, -0.2) is 11.3 Å². The first-order valence-electron chi connectivity index (χ1n) is 3.19. The fourth-order valence-corrected chi connectivity index (χ4v) is 1.94. The van der Waals surface area contributed by atoms with Crippen molar-refractivity contribution in [3.63, 3.8) is 0 Å². The Labute approximate surface area is 86.6 Å². The van der Waals surface area contributed by atoms with Gasteiger partial charge in [-0.15, -0.1) is 0 Å². The minimum absolute atomic E-state index is 0.311. The van der Waals surface area contributed by atoms with Crippen molar-refractivity contribution in [1.29, 1.82) is 0 Å². The van der Waals surface area contributed by atoms with Gasteiger partial charge in [0.2, 0.25) is 0 Å². The first-order chi connectivity index (χ1) is 5.65. The standard InChI is InChI=1S/C7H6Br2N2O/c8-5-3-4(1-2-12)6(10)7(9)11-5/h2-3H,1,10H2. The van der Waals surface area contributed by atoms with Crippen LogP contribution in [0.5, 0.6) is 0 Å². The normalized spacial score (nSPS) is 9.83. The van der Waals surface area contributed by atoms with Crippen LogP contribution in [0.1, 0.15) is 5.56 Å². The molecule has 64 valence electrons. The number of nitrogens with zero attached hydrogens (tertiary/aromatic N) is 1. The Morgan fingerprint density at radius 1 is 1.58 bits per heavy atom. The molecule has 2 N–H and O–H groups in total. The molecule has 0 aliphatic carbocycles. The number of halogens is 2. The van der Waals surface area contributed by atoms with E-state index in [-0.39, 0.29) is 0 Å². The molecule has 0 amide bonds. The molecule has 0 fully saturated rings. The quantitative estimate of drug-likeness (QED) is 0.670. The zero-order valence-electron chi connectivity index (χ0n) is 6.05. The van der Waals surface area contributed by atoms with Gasteiger partial charge < -0.3 is 10.5 Å². The number of anilines is 1. The third-order valence-corrected chi connectivity index (χ3v) is 2.38. The molecule has 0 bridgehead atoms. The number of nitrogen functional groups attached to an aromatic ring is 1. The van der Waals surface area contributed by atoms with E-state index in [1.165, 1.54) is 0 Å². The third kappa shape index (κ3) is 2.04. The van der Waals surface area contributed by atoms with E-state index >= 15 is 0 Å². The van der Waals surface area contributed by atoms with Crippen molar-refractivity contribution in [2.45, 2.75) is 6.42 Å². The molecule has 0 saturated heterocycles. The van der Waals surface area contributed by atoms with Gasteiger partial charge in [-0.1, -0.05) is 0 Å². The Morgan fingerprint density at radius 2 is 2.25 bits per heavy atom. The summed E-state index contributed by atoms with van der Waals surface area (Å²) in [6.07, 6.45) is 1.12. The first kappa shape index (κ1) is 9.67. The van der Waals surface area contributed by atoms with E-state index in [1.807, 2.05) is 0 Å². The summed E-state index contributed by atoms with van der Waals surface area (Å²) in [5.41, 5.74) is 6.94. The van der Waals surface area contributed by atoms with Crippen molar-refractivity contribution < 1.29 is 4.79 Å². The molecule has 0 saturated carbocycles. The lowest BCUT2D eigenvalue weighted by Crippen LogP contribution is -1.98. The third-order valence-electron chi connectivity index (χ3n) is 1.37. The second-order valence-corrected chi connectivity index (χ2v) is 3.74. The zero-order valence-corrected chi connectivity index (χ0v) is 9.22. The second kappa shape index (κ2) is 4.00. The van der Waals surface area contributed by atoms with Crippen LogP contribution in [-0.2, 0) is 11.2 Å². The summed E-state index contributed by atoms with van der Waals surface area (Å²) >= 11 is 6.39. The SMILES string of the molecule is Nc1c(CC=O)cc(Br)nc1Br. The summed E-state index contributed by atoms with van der Waals surface area (Å²) in [6.45, 7) is 0. The van der Waals surface area contributed by atoms with Crippen LogP contribution in [0.15, 0.2) is 15.3 Å². The first-order valence-corrected chi connectivity index (χ1v) is 4.77. The number of aldehydes is 1. The van der Waals surface area contributed by atoms with Crippen molar-refractivity contribution in [3.8, 4) is 0 Å². The van der Waals surface area contributed by atoms with Gasteiger partial charge in [-0.3, -0.25) is 0 Å². The number of carbonyl (C=O) groups excluding carboxylic acids is 1. The molecule has 0 aliphatic heterocycles. The molecule has 12 heavy (non-hydrogen) atoms. The summed E-state index contributed by atoms with van der Waals surface area (Å²) in [4.78, 5) is 14.3. The van der Waals surface area contributed by atoms with Gasteiger partial charge in [0, 0.05) is 6.42 Å². The van der Waals surface area contributed by atoms with Crippen LogP contribution in [0.25, 0.3) is 0 Å². The molecule has 5 heteroatoms. The summed E-state index contributed by atoms with van der Waals surface area (Å²) < 4.78 is 1.23. The summed E-state index contributed by atoms with van der Waals surface area (Å²) in [5, 5.41) is 0. The van der Waals surface area contributed by atoms with Crippen molar-refractivity contribution in [2.75, 3.05) is 5.73 Å². The van der Waals surface area contributed by atoms with Gasteiger partial charge in [-0.25, -0.2) is 4.98 Å². The number of rotatable bonds is 2. The summed E-state index contributed by atoms with van der Waals surface area (Å²) in [6, 6.07) is 1.73. The lowest BCUT2D eigenvalue weighted by Gasteiger charge is -2.03. The molecular weight excluding hydrogens is 288 g/mol. The zero-order chi connectivity index (χ0) is 9.14. The topological polar surface area (TPSA) is 56.0 Å². The van der Waals surface area contributed by atoms with E-state index in [9.17, 15) is 4.79 Å². The van der Waals surface area contributed by atoms with Gasteiger partial charge in [0.15, 0.2) is 0 Å². The van der Waals surface area contributed by atoms with Crippen molar-refractivity contribution >= 4 is 43.8 Å². The average molecular weight is 294 g/mol. The molecule has 0 atom stereocenters. The molecule has 1 aromatic heterocycles. The van der Waals surface area contributed by atoms with E-state index in [0.29, 0.717) is 21.3 Å². The Hall–Kier alpha value is -0.420. The van der Waals surface area contributed by atoms with E-state index in [2.05, 4.69) is 36.8 Å². The Kier molecular flexibility index (Phi) is 3.22. The number of aromatic nitrogens is 1. The number of pyridine rings is 1. The van der Waals surface area contributed by atoms with E-state index in [0.717, 1.165) is 11.8 Å². The molecule has 1 rings (SSSR count). The molecule has 0 radical (unpaired) electrons. The Morgan fingerprint density at radius 3 is 2.83 bits per heavy atom. The van der Waals surface area contributed by atoms with Crippen LogP contribution in [0.2, 0.25) is 0 Å². The van der Waals surface area contributed by atoms with E-state index in [1.54, 1.807) is 6.07 Å². The second-order valence-electron chi connectivity index (χ2n) is 2.18. The maximum atomic E-state index is 10.2. The van der Waals surface area contributed by atoms with E-state index in [4.69, 9.17) is 5.73 Å². The van der Waals surface area contributed by atoms with Crippen LogP contribution in [0, 0.1) is 0 Å². The van der Waals surface area contributed by atoms with Crippen molar-refractivity contribution in [2.24, 2.45) is 0 Å². The lowest BCUT2D eigenvalue weighted by molar-refractivity contribution is -0.107. The highest BCUT2D eigenvalue weighted by molar-refractivity contribution is 9.11. The summed E-state index contributed by atoms with van der Waals surface area (Å²) in [5.74, 6) is 0. The monoisotopic (exact) mass is 292 g/mol. The minimum Gasteiger partial charge on any atom is -0.396 e. The summed E-state index contributed by atoms with van der Waals surface area (Å²) in [7, 11) is 0. The molecular formula is C7H6Br2N2O. The van der Waals surface area contributed by atoms with Crippen molar-refractivity contribution in [3.05, 3.63) is 20.8 Å². The lowest BCUT2D eigenvalue weighted by atomic mass is 10.2. The van der Waals surface area contributed by atoms with Gasteiger partial charge in [-0.2, -0.15) is 0 Å². The molecule has 0 aliphatic rings. The molecule has 3 nitrogen and oxygen atoms in total. The van der Waals surface area contributed by atoms with Gasteiger partial charge >= 0.3 is 0 Å². The predicted octanol–water partition coefficient (Wildman–Crippen LogP) is 1.93. The highest BCUT2D eigenvalue weighted by Crippen LogP contribution is 2.24. The highest BCUT2D eigenvalue weighted by atomic mass is 79.9. The number of carbonyl (C=O) groups is 1. The molecule has 0 aromatic carbocycles. The molecule has 1 heterocycles. The average Bonchev–Trinajstić information content (AvgIpc) is 2.00. The number of nitrogens with two attached hydrogens (primary N) is 1. The van der Waals surface area contributed by atoms with Crippen LogP contribution in [0.3, 0.4) is 0 Å². The number of hydrogen-bond acceptors (Lipinski definition) is 3. The highest BCUT2D eigenvalue weighted by Gasteiger charge is 2.05. The van der Waals surface area contributed by atoms with E-state index < -0.39 is 0 Å². The van der Waals surface area contributed by atoms with Gasteiger partial charge in [-0.05, 0) is 43.5 Å². The maximum absolute atomic E-state index is 10.2. The Balaban J connectivity index is 3.17. The van der Waals surface area contributed by atoms with Crippen LogP contribution in [0.4, 0.5) is 5.69 Å². The van der Waals surface area contributed by atoms with Gasteiger partial charge in [0.25, 0.3) is 0 Å². The predicted molar refractivity (Wildman–Crippen MR) is 53.8 cm³/mol. The van der Waals surface area contributed by atoms with Gasteiger partial charge in [0.05, 0.1) is 5.69 Å². The Bertz CT molecular complexity index is 315. The molecule has 1 aromatic rings. The molecule has 0 unspecified atom stereocenters. The van der Waals surface area contributed by atoms with Crippen LogP contribution < -0.4 is 5.73 Å². The maximum Gasteiger partial charge on any atom is 0.130 e. The fourth-order valence-electron chi connectivity index (χ4n) is 0.799. The molecule has 0 spiro atoms. The van der Waals surface area contributed by atoms with Crippen LogP contribution >= 0.6 is 31.9 Å². The van der Waals surface area contributed by atoms with Gasteiger partial charge in [0.1, 0.15) is 15.5 Å². The van der Waals surface area contributed by atoms with Crippen molar-refractivity contribution in [1.82, 2.24) is 4.98 Å². The minimum atomic E-state index is 0.311.